The van der Waals surface area contributed by atoms with Crippen LogP contribution in [0.5, 0.6) is 0 Å². The molecule has 0 amide bonds. The number of hydrogen-bond acceptors (Lipinski definition) is 10. The Morgan fingerprint density at radius 3 is 2.36 bits per heavy atom. The predicted molar refractivity (Wildman–Crippen MR) is 140 cm³/mol. The van der Waals surface area contributed by atoms with Gasteiger partial charge in [-0.2, -0.15) is 10.1 Å². The molecule has 2 fully saturated rings. The van der Waals surface area contributed by atoms with Gasteiger partial charge in [-0.25, -0.2) is 14.8 Å². The first-order valence-corrected chi connectivity index (χ1v) is 12.0. The number of hydrogen-bond donors (Lipinski definition) is 2. The molecule has 4 heterocycles. The van der Waals surface area contributed by atoms with Crippen molar-refractivity contribution in [2.45, 2.75) is 0 Å². The van der Waals surface area contributed by atoms with E-state index >= 15 is 0 Å². The second kappa shape index (κ2) is 11.3. The molecule has 2 aromatic heterocycles. The number of morpholine rings is 1. The van der Waals surface area contributed by atoms with Gasteiger partial charge in [-0.15, -0.1) is 0 Å². The van der Waals surface area contributed by atoms with Crippen molar-refractivity contribution in [2.24, 2.45) is 5.10 Å². The Morgan fingerprint density at radius 1 is 0.889 bits per heavy atom. The highest BCUT2D eigenvalue weighted by atomic mass is 19.1. The van der Waals surface area contributed by atoms with E-state index in [2.05, 4.69) is 71.9 Å². The summed E-state index contributed by atoms with van der Waals surface area (Å²) in [7, 11) is 2.16. The molecule has 188 valence electrons. The van der Waals surface area contributed by atoms with Crippen molar-refractivity contribution in [2.75, 3.05) is 80.1 Å². The zero-order valence-electron chi connectivity index (χ0n) is 20.3. The molecule has 3 aromatic rings. The molecule has 2 aliphatic heterocycles. The highest BCUT2D eigenvalue weighted by molar-refractivity contribution is 5.78. The fourth-order valence-corrected chi connectivity index (χ4v) is 4.11. The molecule has 0 unspecified atom stereocenters. The van der Waals surface area contributed by atoms with Crippen LogP contribution < -0.4 is 20.5 Å². The summed E-state index contributed by atoms with van der Waals surface area (Å²) >= 11 is 0. The standard InChI is InChI=1S/C25H30FN9O/c1-33-8-10-34(11-9-33)22-6-4-19(5-7-22)30-21-3-2-20(27-16-21)17-29-32-25-28-18-23(26)24(31-25)35-12-14-36-15-13-35/h2-7,16-18,30H,8-15H2,1H3,(H,28,31,32)/b29-17+. The zero-order valence-corrected chi connectivity index (χ0v) is 20.3. The normalized spacial score (nSPS) is 16.9. The molecule has 11 heteroatoms. The smallest absolute Gasteiger partial charge is 0.245 e. The topological polar surface area (TPSA) is 94.0 Å². The van der Waals surface area contributed by atoms with Gasteiger partial charge in [0.05, 0.1) is 43.2 Å². The number of anilines is 5. The highest BCUT2D eigenvalue weighted by Crippen LogP contribution is 2.22. The summed E-state index contributed by atoms with van der Waals surface area (Å²) < 4.78 is 19.5. The van der Waals surface area contributed by atoms with E-state index in [9.17, 15) is 4.39 Å². The van der Waals surface area contributed by atoms with Gasteiger partial charge < -0.3 is 24.8 Å². The van der Waals surface area contributed by atoms with Crippen molar-refractivity contribution in [3.05, 3.63) is 60.3 Å². The van der Waals surface area contributed by atoms with Gasteiger partial charge in [0, 0.05) is 50.6 Å². The summed E-state index contributed by atoms with van der Waals surface area (Å²) in [6, 6.07) is 12.3. The van der Waals surface area contributed by atoms with Gasteiger partial charge in [-0.05, 0) is 43.4 Å². The summed E-state index contributed by atoms with van der Waals surface area (Å²) in [4.78, 5) is 19.2. The summed E-state index contributed by atoms with van der Waals surface area (Å²) in [5.74, 6) is -0.00581. The van der Waals surface area contributed by atoms with Gasteiger partial charge in [-0.3, -0.25) is 4.98 Å². The molecule has 0 radical (unpaired) electrons. The van der Waals surface area contributed by atoms with Crippen molar-refractivity contribution < 1.29 is 9.13 Å². The van der Waals surface area contributed by atoms with E-state index < -0.39 is 5.82 Å². The number of nitrogens with one attached hydrogen (secondary N) is 2. The summed E-state index contributed by atoms with van der Waals surface area (Å²) in [6.07, 6.45) is 4.46. The van der Waals surface area contributed by atoms with Gasteiger partial charge in [0.1, 0.15) is 0 Å². The lowest BCUT2D eigenvalue weighted by atomic mass is 10.2. The predicted octanol–water partition coefficient (Wildman–Crippen LogP) is 2.79. The van der Waals surface area contributed by atoms with Crippen LogP contribution in [0.25, 0.3) is 0 Å². The maximum atomic E-state index is 14.2. The largest absolute Gasteiger partial charge is 0.378 e. The number of ether oxygens (including phenoxy) is 1. The molecule has 2 saturated heterocycles. The molecule has 1 aromatic carbocycles. The van der Waals surface area contributed by atoms with Crippen molar-refractivity contribution in [1.82, 2.24) is 19.9 Å². The third-order valence-corrected chi connectivity index (χ3v) is 6.21. The number of rotatable bonds is 7. The van der Waals surface area contributed by atoms with Crippen LogP contribution in [-0.4, -0.2) is 85.6 Å². The fourth-order valence-electron chi connectivity index (χ4n) is 4.11. The number of halogens is 1. The minimum Gasteiger partial charge on any atom is -0.378 e. The number of benzene rings is 1. The minimum atomic E-state index is -0.467. The lowest BCUT2D eigenvalue weighted by Gasteiger charge is -2.34. The van der Waals surface area contributed by atoms with Gasteiger partial charge in [0.15, 0.2) is 11.6 Å². The van der Waals surface area contributed by atoms with Crippen molar-refractivity contribution in [3.8, 4) is 0 Å². The van der Waals surface area contributed by atoms with Crippen LogP contribution in [0, 0.1) is 5.82 Å². The summed E-state index contributed by atoms with van der Waals surface area (Å²) in [5, 5.41) is 7.52. The minimum absolute atomic E-state index is 0.215. The Balaban J connectivity index is 1.15. The van der Waals surface area contributed by atoms with Crippen LogP contribution >= 0.6 is 0 Å². The Hall–Kier alpha value is -3.83. The van der Waals surface area contributed by atoms with Crippen molar-refractivity contribution >= 4 is 35.0 Å². The lowest BCUT2D eigenvalue weighted by molar-refractivity contribution is 0.122. The van der Waals surface area contributed by atoms with Crippen LogP contribution in [-0.2, 0) is 4.74 Å². The molecule has 0 spiro atoms. The fraction of sp³-hybridized carbons (Fsp3) is 0.360. The van der Waals surface area contributed by atoms with E-state index in [1.165, 1.54) is 5.69 Å². The number of piperazine rings is 1. The van der Waals surface area contributed by atoms with E-state index in [1.54, 1.807) is 12.4 Å². The Bertz CT molecular complexity index is 1160. The van der Waals surface area contributed by atoms with Crippen LogP contribution in [0.2, 0.25) is 0 Å². The molecule has 0 bridgehead atoms. The van der Waals surface area contributed by atoms with E-state index in [-0.39, 0.29) is 11.8 Å². The SMILES string of the molecule is CN1CCN(c2ccc(Nc3ccc(/C=N/Nc4ncc(F)c(N5CCOCC5)n4)nc3)cc2)CC1. The van der Waals surface area contributed by atoms with E-state index in [4.69, 9.17) is 4.74 Å². The number of nitrogens with zero attached hydrogens (tertiary/aromatic N) is 7. The number of aromatic nitrogens is 3. The molecule has 2 N–H and O–H groups in total. The lowest BCUT2D eigenvalue weighted by Crippen LogP contribution is -2.44. The summed E-state index contributed by atoms with van der Waals surface area (Å²) in [5.41, 5.74) is 6.54. The van der Waals surface area contributed by atoms with Crippen LogP contribution in [0.15, 0.2) is 53.9 Å². The quantitative estimate of drug-likeness (QED) is 0.382. The highest BCUT2D eigenvalue weighted by Gasteiger charge is 2.18. The van der Waals surface area contributed by atoms with Crippen molar-refractivity contribution in [3.63, 3.8) is 0 Å². The number of likely N-dealkylation sites (N-methyl/N-ethyl adjacent to an activating group) is 1. The van der Waals surface area contributed by atoms with Gasteiger partial charge in [0.2, 0.25) is 5.95 Å². The van der Waals surface area contributed by atoms with Gasteiger partial charge in [-0.1, -0.05) is 0 Å². The average Bonchev–Trinajstić information content (AvgIpc) is 2.92. The third kappa shape index (κ3) is 6.04. The van der Waals surface area contributed by atoms with Gasteiger partial charge >= 0.3 is 0 Å². The monoisotopic (exact) mass is 491 g/mol. The van der Waals surface area contributed by atoms with Crippen LogP contribution in [0.4, 0.5) is 33.2 Å². The first kappa shape index (κ1) is 23.9. The summed E-state index contributed by atoms with van der Waals surface area (Å²) in [6.45, 7) is 6.53. The molecule has 0 saturated carbocycles. The Kier molecular flexibility index (Phi) is 7.48. The van der Waals surface area contributed by atoms with Crippen LogP contribution in [0.3, 0.4) is 0 Å². The molecule has 10 nitrogen and oxygen atoms in total. The van der Waals surface area contributed by atoms with Crippen LogP contribution in [0.1, 0.15) is 5.69 Å². The molecule has 5 rings (SSSR count). The van der Waals surface area contributed by atoms with E-state index in [0.29, 0.717) is 32.0 Å². The molecular weight excluding hydrogens is 461 g/mol. The Labute approximate surface area is 209 Å². The third-order valence-electron chi connectivity index (χ3n) is 6.21. The molecular formula is C25H30FN9O. The number of pyridine rings is 1. The van der Waals surface area contributed by atoms with Gasteiger partial charge in [0.25, 0.3) is 0 Å². The zero-order chi connectivity index (χ0) is 24.7. The Morgan fingerprint density at radius 2 is 1.64 bits per heavy atom. The van der Waals surface area contributed by atoms with E-state index in [0.717, 1.165) is 43.8 Å². The van der Waals surface area contributed by atoms with Crippen molar-refractivity contribution in [1.29, 1.82) is 0 Å². The second-order valence-corrected chi connectivity index (χ2v) is 8.77. The van der Waals surface area contributed by atoms with E-state index in [1.807, 2.05) is 17.0 Å². The molecule has 0 aliphatic carbocycles. The molecule has 2 aliphatic rings. The first-order valence-electron chi connectivity index (χ1n) is 12.0. The average molecular weight is 492 g/mol. The second-order valence-electron chi connectivity index (χ2n) is 8.77. The first-order chi connectivity index (χ1) is 17.6. The molecule has 0 atom stereocenters. The molecule has 36 heavy (non-hydrogen) atoms. The maximum absolute atomic E-state index is 14.2. The maximum Gasteiger partial charge on any atom is 0.245 e. The number of hydrazone groups is 1.